The van der Waals surface area contributed by atoms with Crippen LogP contribution in [0, 0.1) is 0 Å². The van der Waals surface area contributed by atoms with Crippen molar-refractivity contribution in [3.05, 3.63) is 59.7 Å². The molecule has 2 aromatic rings. The van der Waals surface area contributed by atoms with Crippen LogP contribution in [-0.2, 0) is 17.8 Å². The Morgan fingerprint density at radius 3 is 2.56 bits per heavy atom. The number of amides is 1. The van der Waals surface area contributed by atoms with E-state index in [1.165, 1.54) is 6.07 Å². The summed E-state index contributed by atoms with van der Waals surface area (Å²) >= 11 is 0. The number of hydrogen-bond donors (Lipinski definition) is 3. The minimum atomic E-state index is -2.87. The molecule has 0 aliphatic heterocycles. The monoisotopic (exact) mass is 446 g/mol. The Bertz CT molecular complexity index is 902. The number of rotatable bonds is 11. The summed E-state index contributed by atoms with van der Waals surface area (Å²) in [6, 6.07) is 14.5. The average Bonchev–Trinajstić information content (AvgIpc) is 3.60. The van der Waals surface area contributed by atoms with Gasteiger partial charge in [0.1, 0.15) is 11.5 Å². The molecular weight excluding hydrogens is 418 g/mol. The zero-order chi connectivity index (χ0) is 22.8. The largest absolute Gasteiger partial charge is 0.484 e. The second-order valence-corrected chi connectivity index (χ2v) is 7.36. The van der Waals surface area contributed by atoms with Crippen molar-refractivity contribution in [2.75, 3.05) is 20.2 Å². The van der Waals surface area contributed by atoms with E-state index in [-0.39, 0.29) is 18.3 Å². The van der Waals surface area contributed by atoms with Gasteiger partial charge in [-0.25, -0.2) is 0 Å². The predicted octanol–water partition coefficient (Wildman–Crippen LogP) is 2.85. The number of benzene rings is 2. The lowest BCUT2D eigenvalue weighted by Crippen LogP contribution is -2.37. The van der Waals surface area contributed by atoms with Crippen LogP contribution in [0.3, 0.4) is 0 Å². The highest BCUT2D eigenvalue weighted by Crippen LogP contribution is 2.20. The third-order valence-electron chi connectivity index (χ3n) is 4.80. The molecule has 1 amide bonds. The van der Waals surface area contributed by atoms with Crippen LogP contribution in [-0.4, -0.2) is 44.7 Å². The second-order valence-electron chi connectivity index (χ2n) is 7.36. The van der Waals surface area contributed by atoms with Crippen molar-refractivity contribution in [2.24, 2.45) is 4.99 Å². The summed E-state index contributed by atoms with van der Waals surface area (Å²) in [5.41, 5.74) is 1.70. The standard InChI is InChI=1S/C23H28F2N4O3/c1-26-23(28-14-17-4-2-3-5-20(17)32-22(24)25)27-13-12-16-6-10-19(11-7-16)31-15-21(30)29-18-8-9-18/h2-7,10-11,18,22H,8-9,12-15H2,1H3,(H,29,30)(H2,26,27,28). The Balaban J connectivity index is 1.38. The van der Waals surface area contributed by atoms with Crippen LogP contribution in [0.15, 0.2) is 53.5 Å². The quantitative estimate of drug-likeness (QED) is 0.365. The Morgan fingerprint density at radius 2 is 1.88 bits per heavy atom. The van der Waals surface area contributed by atoms with Crippen LogP contribution >= 0.6 is 0 Å². The molecule has 2 aromatic carbocycles. The minimum absolute atomic E-state index is 0.0187. The number of carbonyl (C=O) groups excluding carboxylic acids is 1. The number of aliphatic imine (C=N–C) groups is 1. The van der Waals surface area contributed by atoms with Crippen molar-refractivity contribution in [1.29, 1.82) is 0 Å². The van der Waals surface area contributed by atoms with Crippen LogP contribution in [0.4, 0.5) is 8.78 Å². The highest BCUT2D eigenvalue weighted by Gasteiger charge is 2.23. The molecular formula is C23H28F2N4O3. The van der Waals surface area contributed by atoms with Gasteiger partial charge in [0.2, 0.25) is 0 Å². The second kappa shape index (κ2) is 11.9. The third-order valence-corrected chi connectivity index (χ3v) is 4.80. The number of carbonyl (C=O) groups is 1. The topological polar surface area (TPSA) is 84.0 Å². The van der Waals surface area contributed by atoms with Crippen molar-refractivity contribution in [1.82, 2.24) is 16.0 Å². The van der Waals surface area contributed by atoms with Gasteiger partial charge in [-0.3, -0.25) is 9.79 Å². The van der Waals surface area contributed by atoms with Gasteiger partial charge >= 0.3 is 6.61 Å². The van der Waals surface area contributed by atoms with E-state index in [4.69, 9.17) is 4.74 Å². The molecule has 1 saturated carbocycles. The maximum atomic E-state index is 12.5. The molecule has 172 valence electrons. The number of halogens is 2. The van der Waals surface area contributed by atoms with Gasteiger partial charge in [0, 0.05) is 31.7 Å². The van der Waals surface area contributed by atoms with Gasteiger partial charge in [0.05, 0.1) is 0 Å². The fraction of sp³-hybridized carbons (Fsp3) is 0.391. The van der Waals surface area contributed by atoms with Crippen LogP contribution in [0.1, 0.15) is 24.0 Å². The fourth-order valence-electron chi connectivity index (χ4n) is 2.98. The van der Waals surface area contributed by atoms with Gasteiger partial charge in [-0.15, -0.1) is 0 Å². The summed E-state index contributed by atoms with van der Waals surface area (Å²) in [5, 5.41) is 9.17. The van der Waals surface area contributed by atoms with Crippen molar-refractivity contribution in [3.63, 3.8) is 0 Å². The highest BCUT2D eigenvalue weighted by molar-refractivity contribution is 5.79. The summed E-state index contributed by atoms with van der Waals surface area (Å²) < 4.78 is 35.1. The zero-order valence-corrected chi connectivity index (χ0v) is 17.9. The number of nitrogens with zero attached hydrogens (tertiary/aromatic N) is 1. The normalized spacial score (nSPS) is 13.6. The maximum absolute atomic E-state index is 12.5. The first kappa shape index (κ1) is 23.3. The lowest BCUT2D eigenvalue weighted by atomic mass is 10.1. The molecule has 9 heteroatoms. The predicted molar refractivity (Wildman–Crippen MR) is 118 cm³/mol. The highest BCUT2D eigenvalue weighted by atomic mass is 19.3. The summed E-state index contributed by atoms with van der Waals surface area (Å²) in [7, 11) is 1.64. The van der Waals surface area contributed by atoms with E-state index in [0.717, 1.165) is 24.8 Å². The molecule has 0 saturated heterocycles. The number of ether oxygens (including phenoxy) is 2. The van der Waals surface area contributed by atoms with Crippen molar-refractivity contribution in [3.8, 4) is 11.5 Å². The van der Waals surface area contributed by atoms with E-state index >= 15 is 0 Å². The van der Waals surface area contributed by atoms with Gasteiger partial charge < -0.3 is 25.4 Å². The van der Waals surface area contributed by atoms with E-state index < -0.39 is 6.61 Å². The zero-order valence-electron chi connectivity index (χ0n) is 17.9. The number of nitrogens with one attached hydrogen (secondary N) is 3. The fourth-order valence-corrected chi connectivity index (χ4v) is 2.98. The number of para-hydroxylation sites is 1. The van der Waals surface area contributed by atoms with E-state index in [2.05, 4.69) is 25.7 Å². The molecule has 0 unspecified atom stereocenters. The summed E-state index contributed by atoms with van der Waals surface area (Å²) in [5.74, 6) is 1.24. The molecule has 0 atom stereocenters. The lowest BCUT2D eigenvalue weighted by Gasteiger charge is -2.14. The molecule has 3 rings (SSSR count). The molecule has 0 spiro atoms. The first-order valence-corrected chi connectivity index (χ1v) is 10.5. The molecule has 1 aliphatic rings. The minimum Gasteiger partial charge on any atom is -0.484 e. The van der Waals surface area contributed by atoms with Crippen LogP contribution in [0.25, 0.3) is 0 Å². The van der Waals surface area contributed by atoms with Crippen molar-refractivity contribution >= 4 is 11.9 Å². The van der Waals surface area contributed by atoms with Crippen molar-refractivity contribution < 1.29 is 23.0 Å². The summed E-state index contributed by atoms with van der Waals surface area (Å²) in [4.78, 5) is 15.8. The Morgan fingerprint density at radius 1 is 1.12 bits per heavy atom. The smallest absolute Gasteiger partial charge is 0.387 e. The molecule has 0 radical (unpaired) electrons. The third kappa shape index (κ3) is 8.05. The molecule has 7 nitrogen and oxygen atoms in total. The van der Waals surface area contributed by atoms with Crippen LogP contribution in [0.5, 0.6) is 11.5 Å². The van der Waals surface area contributed by atoms with E-state index in [9.17, 15) is 13.6 Å². The Kier molecular flexibility index (Phi) is 8.65. The molecule has 1 aliphatic carbocycles. The molecule has 3 N–H and O–H groups in total. The Hall–Kier alpha value is -3.36. The Labute approximate surface area is 186 Å². The van der Waals surface area contributed by atoms with Crippen LogP contribution < -0.4 is 25.4 Å². The first-order chi connectivity index (χ1) is 15.5. The van der Waals surface area contributed by atoms with Gasteiger partial charge in [0.15, 0.2) is 12.6 Å². The molecule has 0 aromatic heterocycles. The summed E-state index contributed by atoms with van der Waals surface area (Å²) in [6.07, 6.45) is 2.85. The number of guanidine groups is 1. The molecule has 1 fully saturated rings. The number of alkyl halides is 2. The van der Waals surface area contributed by atoms with E-state index in [1.807, 2.05) is 24.3 Å². The lowest BCUT2D eigenvalue weighted by molar-refractivity contribution is -0.123. The maximum Gasteiger partial charge on any atom is 0.387 e. The van der Waals surface area contributed by atoms with Gasteiger partial charge in [-0.1, -0.05) is 30.3 Å². The van der Waals surface area contributed by atoms with Gasteiger partial charge in [-0.05, 0) is 43.0 Å². The SMILES string of the molecule is CN=C(NCCc1ccc(OCC(=O)NC2CC2)cc1)NCc1ccccc1OC(F)F. The van der Waals surface area contributed by atoms with Crippen LogP contribution in [0.2, 0.25) is 0 Å². The van der Waals surface area contributed by atoms with Gasteiger partial charge in [-0.2, -0.15) is 8.78 Å². The van der Waals surface area contributed by atoms with Crippen molar-refractivity contribution in [2.45, 2.75) is 38.5 Å². The molecule has 0 heterocycles. The van der Waals surface area contributed by atoms with Gasteiger partial charge in [0.25, 0.3) is 5.91 Å². The average molecular weight is 446 g/mol. The van der Waals surface area contributed by atoms with E-state index in [0.29, 0.717) is 36.4 Å². The molecule has 32 heavy (non-hydrogen) atoms. The van der Waals surface area contributed by atoms with E-state index in [1.54, 1.807) is 25.2 Å². The first-order valence-electron chi connectivity index (χ1n) is 10.5. The molecule has 0 bridgehead atoms. The summed E-state index contributed by atoms with van der Waals surface area (Å²) in [6.45, 7) is -1.93. The number of hydrogen-bond acceptors (Lipinski definition) is 4.